The van der Waals surface area contributed by atoms with E-state index in [2.05, 4.69) is 24.1 Å². The normalized spacial score (nSPS) is 16.2. The molecule has 3 heteroatoms. The highest BCUT2D eigenvalue weighted by molar-refractivity contribution is 4.80. The van der Waals surface area contributed by atoms with Crippen LogP contribution >= 0.6 is 0 Å². The van der Waals surface area contributed by atoms with Gasteiger partial charge in [0.1, 0.15) is 0 Å². The third-order valence-electron chi connectivity index (χ3n) is 2.92. The molecule has 0 bridgehead atoms. The van der Waals surface area contributed by atoms with Crippen molar-refractivity contribution in [3.63, 3.8) is 0 Å². The van der Waals surface area contributed by atoms with Crippen molar-refractivity contribution in [2.24, 2.45) is 0 Å². The first-order valence-corrected chi connectivity index (χ1v) is 6.40. The smallest absolute Gasteiger partial charge is 0.0593 e. The van der Waals surface area contributed by atoms with Crippen molar-refractivity contribution in [2.45, 2.75) is 39.2 Å². The van der Waals surface area contributed by atoms with Gasteiger partial charge in [0.15, 0.2) is 0 Å². The average molecular weight is 214 g/mol. The van der Waals surface area contributed by atoms with E-state index in [4.69, 9.17) is 4.74 Å². The molecule has 0 heterocycles. The monoisotopic (exact) mass is 214 g/mol. The summed E-state index contributed by atoms with van der Waals surface area (Å²) in [4.78, 5) is 2.39. The third-order valence-corrected chi connectivity index (χ3v) is 2.92. The number of hydrogen-bond donors (Lipinski definition) is 1. The Morgan fingerprint density at radius 2 is 1.93 bits per heavy atom. The Morgan fingerprint density at radius 3 is 2.53 bits per heavy atom. The van der Waals surface area contributed by atoms with Crippen LogP contribution in [0.3, 0.4) is 0 Å². The predicted molar refractivity (Wildman–Crippen MR) is 64.2 cm³/mol. The van der Waals surface area contributed by atoms with Crippen molar-refractivity contribution < 1.29 is 4.74 Å². The number of nitrogens with one attached hydrogen (secondary N) is 1. The fraction of sp³-hybridized carbons (Fsp3) is 1.00. The van der Waals surface area contributed by atoms with E-state index in [1.165, 1.54) is 12.8 Å². The second-order valence-corrected chi connectivity index (χ2v) is 4.22. The number of rotatable bonds is 10. The molecule has 0 aliphatic heterocycles. The molecule has 0 unspecified atom stereocenters. The Labute approximate surface area is 94.2 Å². The first-order valence-electron chi connectivity index (χ1n) is 6.40. The molecule has 1 rings (SSSR count). The maximum Gasteiger partial charge on any atom is 0.0593 e. The molecule has 15 heavy (non-hydrogen) atoms. The minimum atomic E-state index is 0.834. The molecule has 0 saturated heterocycles. The summed E-state index contributed by atoms with van der Waals surface area (Å²) in [5.74, 6) is 0. The van der Waals surface area contributed by atoms with Crippen molar-refractivity contribution in [1.82, 2.24) is 10.2 Å². The van der Waals surface area contributed by atoms with E-state index in [-0.39, 0.29) is 0 Å². The number of likely N-dealkylation sites (N-methyl/N-ethyl adjacent to an activating group) is 1. The lowest BCUT2D eigenvalue weighted by Crippen LogP contribution is -2.27. The fourth-order valence-corrected chi connectivity index (χ4v) is 1.60. The second kappa shape index (κ2) is 8.08. The van der Waals surface area contributed by atoms with Crippen molar-refractivity contribution in [3.05, 3.63) is 0 Å². The molecule has 1 fully saturated rings. The van der Waals surface area contributed by atoms with E-state index >= 15 is 0 Å². The van der Waals surface area contributed by atoms with Crippen LogP contribution in [0.2, 0.25) is 0 Å². The van der Waals surface area contributed by atoms with Crippen LogP contribution in [0.25, 0.3) is 0 Å². The summed E-state index contributed by atoms with van der Waals surface area (Å²) < 4.78 is 5.59. The Balaban J connectivity index is 1.75. The van der Waals surface area contributed by atoms with Gasteiger partial charge >= 0.3 is 0 Å². The Morgan fingerprint density at radius 1 is 1.20 bits per heavy atom. The molecule has 0 aromatic heterocycles. The van der Waals surface area contributed by atoms with Gasteiger partial charge in [-0.15, -0.1) is 0 Å². The highest BCUT2D eigenvalue weighted by Crippen LogP contribution is 2.18. The average Bonchev–Trinajstić information content (AvgIpc) is 3.06. The summed E-state index contributed by atoms with van der Waals surface area (Å²) in [5.41, 5.74) is 0. The topological polar surface area (TPSA) is 24.5 Å². The molecule has 0 radical (unpaired) electrons. The van der Waals surface area contributed by atoms with Crippen LogP contribution in [-0.2, 0) is 4.74 Å². The molecule has 1 aliphatic rings. The van der Waals surface area contributed by atoms with Gasteiger partial charge in [-0.25, -0.2) is 0 Å². The number of ether oxygens (including phenoxy) is 1. The van der Waals surface area contributed by atoms with Crippen molar-refractivity contribution in [3.8, 4) is 0 Å². The van der Waals surface area contributed by atoms with Gasteiger partial charge in [-0.3, -0.25) is 0 Å². The minimum Gasteiger partial charge on any atom is -0.380 e. The lowest BCUT2D eigenvalue weighted by atomic mass is 10.4. The zero-order valence-electron chi connectivity index (χ0n) is 10.3. The summed E-state index contributed by atoms with van der Waals surface area (Å²) in [6, 6.07) is 0.834. The van der Waals surface area contributed by atoms with E-state index in [0.29, 0.717) is 0 Å². The summed E-state index contributed by atoms with van der Waals surface area (Å²) in [7, 11) is 0. The minimum absolute atomic E-state index is 0.834. The molecule has 0 amide bonds. The summed E-state index contributed by atoms with van der Waals surface area (Å²) >= 11 is 0. The van der Waals surface area contributed by atoms with E-state index in [0.717, 1.165) is 51.9 Å². The van der Waals surface area contributed by atoms with Gasteiger partial charge in [-0.1, -0.05) is 13.8 Å². The molecular formula is C12H26N2O. The maximum atomic E-state index is 5.59. The Bertz CT molecular complexity index is 145. The first-order chi connectivity index (χ1) is 7.36. The Hall–Kier alpha value is -0.120. The van der Waals surface area contributed by atoms with Crippen molar-refractivity contribution in [2.75, 3.05) is 39.4 Å². The van der Waals surface area contributed by atoms with E-state index in [1.807, 2.05) is 0 Å². The highest BCUT2D eigenvalue weighted by Gasteiger charge is 2.19. The molecule has 1 saturated carbocycles. The molecule has 1 N–H and O–H groups in total. The molecule has 3 nitrogen and oxygen atoms in total. The van der Waals surface area contributed by atoms with Crippen LogP contribution in [0.1, 0.15) is 33.1 Å². The van der Waals surface area contributed by atoms with Gasteiger partial charge in [0, 0.05) is 19.2 Å². The van der Waals surface area contributed by atoms with Crippen LogP contribution < -0.4 is 5.32 Å². The largest absolute Gasteiger partial charge is 0.380 e. The van der Waals surface area contributed by atoms with Crippen LogP contribution in [-0.4, -0.2) is 50.3 Å². The third kappa shape index (κ3) is 6.88. The molecular weight excluding hydrogens is 188 g/mol. The summed E-state index contributed by atoms with van der Waals surface area (Å²) in [6.45, 7) is 10.6. The van der Waals surface area contributed by atoms with E-state index in [1.54, 1.807) is 0 Å². The molecule has 0 aromatic carbocycles. The van der Waals surface area contributed by atoms with Crippen LogP contribution in [0.4, 0.5) is 0 Å². The fourth-order valence-electron chi connectivity index (χ4n) is 1.60. The van der Waals surface area contributed by atoms with Crippen LogP contribution in [0, 0.1) is 0 Å². The van der Waals surface area contributed by atoms with Gasteiger partial charge in [0.05, 0.1) is 6.61 Å². The molecule has 0 aromatic rings. The SMILES string of the molecule is CCN(CC)CCOCCCNC1CC1. The predicted octanol–water partition coefficient (Wildman–Crippen LogP) is 1.49. The Kier molecular flexibility index (Phi) is 6.98. The zero-order valence-corrected chi connectivity index (χ0v) is 10.3. The van der Waals surface area contributed by atoms with Gasteiger partial charge in [0.2, 0.25) is 0 Å². The van der Waals surface area contributed by atoms with Crippen LogP contribution in [0.5, 0.6) is 0 Å². The summed E-state index contributed by atoms with van der Waals surface area (Å²) in [6.07, 6.45) is 3.90. The molecule has 90 valence electrons. The van der Waals surface area contributed by atoms with Gasteiger partial charge in [-0.2, -0.15) is 0 Å². The molecule has 0 atom stereocenters. The van der Waals surface area contributed by atoms with Gasteiger partial charge in [-0.05, 0) is 38.9 Å². The maximum absolute atomic E-state index is 5.59. The van der Waals surface area contributed by atoms with Crippen molar-refractivity contribution >= 4 is 0 Å². The van der Waals surface area contributed by atoms with E-state index in [9.17, 15) is 0 Å². The lowest BCUT2D eigenvalue weighted by Gasteiger charge is -2.17. The van der Waals surface area contributed by atoms with E-state index < -0.39 is 0 Å². The second-order valence-electron chi connectivity index (χ2n) is 4.22. The number of nitrogens with zero attached hydrogens (tertiary/aromatic N) is 1. The standard InChI is InChI=1S/C12H26N2O/c1-3-14(4-2)9-11-15-10-5-8-13-12-6-7-12/h12-13H,3-11H2,1-2H3. The quantitative estimate of drug-likeness (QED) is 0.558. The molecule has 0 spiro atoms. The first kappa shape index (κ1) is 12.9. The van der Waals surface area contributed by atoms with Gasteiger partial charge < -0.3 is 15.0 Å². The van der Waals surface area contributed by atoms with Crippen molar-refractivity contribution in [1.29, 1.82) is 0 Å². The number of hydrogen-bond acceptors (Lipinski definition) is 3. The highest BCUT2D eigenvalue weighted by atomic mass is 16.5. The summed E-state index contributed by atoms with van der Waals surface area (Å²) in [5, 5.41) is 3.49. The lowest BCUT2D eigenvalue weighted by molar-refractivity contribution is 0.105. The van der Waals surface area contributed by atoms with Crippen LogP contribution in [0.15, 0.2) is 0 Å². The zero-order chi connectivity index (χ0) is 10.9. The van der Waals surface area contributed by atoms with Gasteiger partial charge in [0.25, 0.3) is 0 Å². The molecule has 1 aliphatic carbocycles.